The van der Waals surface area contributed by atoms with E-state index in [4.69, 9.17) is 5.73 Å². The molecule has 2 aromatic rings. The first-order valence-corrected chi connectivity index (χ1v) is 7.58. The van der Waals surface area contributed by atoms with Gasteiger partial charge >= 0.3 is 0 Å². The first-order chi connectivity index (χ1) is 8.99. The van der Waals surface area contributed by atoms with E-state index >= 15 is 0 Å². The maximum absolute atomic E-state index is 12.1. The first kappa shape index (κ1) is 13.9. The SMILES string of the molecule is Nc1ccc(Br)cc1S(=O)(=O)NCc1cccnn1. The summed E-state index contributed by atoms with van der Waals surface area (Å²) in [5, 5.41) is 7.47. The molecule has 0 fully saturated rings. The molecule has 1 aromatic heterocycles. The number of benzene rings is 1. The standard InChI is InChI=1S/C11H11BrN4O2S/c12-8-3-4-10(13)11(6-8)19(17,18)15-7-9-2-1-5-14-16-9/h1-6,15H,7,13H2. The van der Waals surface area contributed by atoms with Gasteiger partial charge in [0.1, 0.15) is 4.90 Å². The van der Waals surface area contributed by atoms with E-state index in [1.807, 2.05) is 0 Å². The third-order valence-corrected chi connectivity index (χ3v) is 4.29. The maximum atomic E-state index is 12.1. The van der Waals surface area contributed by atoms with Crippen LogP contribution in [0.1, 0.15) is 5.69 Å². The number of hydrogen-bond acceptors (Lipinski definition) is 5. The Kier molecular flexibility index (Phi) is 4.13. The summed E-state index contributed by atoms with van der Waals surface area (Å²) in [6, 6.07) is 8.02. The Morgan fingerprint density at radius 3 is 2.79 bits per heavy atom. The zero-order valence-electron chi connectivity index (χ0n) is 9.75. The summed E-state index contributed by atoms with van der Waals surface area (Å²) in [6.07, 6.45) is 1.52. The minimum absolute atomic E-state index is 0.0331. The number of aromatic nitrogens is 2. The van der Waals surface area contributed by atoms with Gasteiger partial charge in [0.25, 0.3) is 0 Å². The molecule has 8 heteroatoms. The lowest BCUT2D eigenvalue weighted by atomic mass is 10.3. The fourth-order valence-electron chi connectivity index (χ4n) is 1.42. The summed E-state index contributed by atoms with van der Waals surface area (Å²) in [6.45, 7) is 0.0577. The minimum Gasteiger partial charge on any atom is -0.398 e. The van der Waals surface area contributed by atoms with Crippen LogP contribution in [0.5, 0.6) is 0 Å². The van der Waals surface area contributed by atoms with Crippen molar-refractivity contribution in [2.24, 2.45) is 0 Å². The number of nitrogens with two attached hydrogens (primary N) is 1. The molecule has 0 amide bonds. The number of anilines is 1. The molecule has 0 atom stereocenters. The molecule has 1 heterocycles. The Bertz CT molecular complexity index is 676. The molecular weight excluding hydrogens is 332 g/mol. The van der Waals surface area contributed by atoms with Crippen molar-refractivity contribution in [3.05, 3.63) is 46.7 Å². The predicted molar refractivity (Wildman–Crippen MR) is 74.6 cm³/mol. The van der Waals surface area contributed by atoms with Gasteiger partial charge in [-0.15, -0.1) is 0 Å². The second kappa shape index (κ2) is 5.64. The smallest absolute Gasteiger partial charge is 0.243 e. The van der Waals surface area contributed by atoms with Gasteiger partial charge in [0.15, 0.2) is 0 Å². The van der Waals surface area contributed by atoms with Crippen LogP contribution in [0, 0.1) is 0 Å². The number of hydrogen-bond donors (Lipinski definition) is 2. The van der Waals surface area contributed by atoms with Gasteiger partial charge in [-0.3, -0.25) is 0 Å². The monoisotopic (exact) mass is 342 g/mol. The summed E-state index contributed by atoms with van der Waals surface area (Å²) in [5.74, 6) is 0. The molecule has 0 saturated carbocycles. The quantitative estimate of drug-likeness (QED) is 0.816. The Balaban J connectivity index is 2.21. The summed E-state index contributed by atoms with van der Waals surface area (Å²) in [4.78, 5) is 0.0331. The predicted octanol–water partition coefficient (Wildman–Crippen LogP) is 1.30. The Hall–Kier alpha value is -1.51. The molecule has 2 rings (SSSR count). The summed E-state index contributed by atoms with van der Waals surface area (Å²) in [7, 11) is -3.68. The maximum Gasteiger partial charge on any atom is 0.243 e. The Morgan fingerprint density at radius 2 is 2.11 bits per heavy atom. The second-order valence-electron chi connectivity index (χ2n) is 3.72. The van der Waals surface area contributed by atoms with Crippen molar-refractivity contribution in [3.8, 4) is 0 Å². The fraction of sp³-hybridized carbons (Fsp3) is 0.0909. The molecule has 19 heavy (non-hydrogen) atoms. The first-order valence-electron chi connectivity index (χ1n) is 5.30. The summed E-state index contributed by atoms with van der Waals surface area (Å²) < 4.78 is 27.3. The van der Waals surface area contributed by atoms with Crippen LogP contribution < -0.4 is 10.5 Å². The van der Waals surface area contributed by atoms with Crippen LogP contribution in [0.15, 0.2) is 45.9 Å². The van der Waals surface area contributed by atoms with Gasteiger partial charge in [-0.2, -0.15) is 10.2 Å². The van der Waals surface area contributed by atoms with Gasteiger partial charge in [0.2, 0.25) is 10.0 Å². The average Bonchev–Trinajstić information content (AvgIpc) is 2.40. The van der Waals surface area contributed by atoms with E-state index < -0.39 is 10.0 Å². The molecule has 6 nitrogen and oxygen atoms in total. The number of sulfonamides is 1. The lowest BCUT2D eigenvalue weighted by Crippen LogP contribution is -2.24. The zero-order valence-corrected chi connectivity index (χ0v) is 12.1. The molecule has 0 radical (unpaired) electrons. The zero-order chi connectivity index (χ0) is 13.9. The topological polar surface area (TPSA) is 98.0 Å². The van der Waals surface area contributed by atoms with Crippen molar-refractivity contribution < 1.29 is 8.42 Å². The van der Waals surface area contributed by atoms with Crippen molar-refractivity contribution in [2.75, 3.05) is 5.73 Å². The second-order valence-corrected chi connectivity index (χ2v) is 6.37. The van der Waals surface area contributed by atoms with Gasteiger partial charge in [-0.25, -0.2) is 13.1 Å². The minimum atomic E-state index is -3.68. The fourth-order valence-corrected chi connectivity index (χ4v) is 3.08. The highest BCUT2D eigenvalue weighted by Crippen LogP contribution is 2.22. The lowest BCUT2D eigenvalue weighted by molar-refractivity contribution is 0.580. The third kappa shape index (κ3) is 3.49. The molecule has 100 valence electrons. The van der Waals surface area contributed by atoms with Gasteiger partial charge in [-0.05, 0) is 30.3 Å². The molecule has 0 aliphatic heterocycles. The van der Waals surface area contributed by atoms with E-state index in [0.29, 0.717) is 10.2 Å². The van der Waals surface area contributed by atoms with Crippen LogP contribution in [-0.2, 0) is 16.6 Å². The largest absolute Gasteiger partial charge is 0.398 e. The van der Waals surface area contributed by atoms with Crippen LogP contribution in [0.25, 0.3) is 0 Å². The molecule has 0 aliphatic carbocycles. The third-order valence-electron chi connectivity index (χ3n) is 2.34. The molecular formula is C11H11BrN4O2S. The van der Waals surface area contributed by atoms with E-state index in [-0.39, 0.29) is 17.1 Å². The summed E-state index contributed by atoms with van der Waals surface area (Å²) >= 11 is 3.21. The van der Waals surface area contributed by atoms with Crippen molar-refractivity contribution in [3.63, 3.8) is 0 Å². The summed E-state index contributed by atoms with van der Waals surface area (Å²) in [5.41, 5.74) is 6.39. The lowest BCUT2D eigenvalue weighted by Gasteiger charge is -2.09. The van der Waals surface area contributed by atoms with Crippen LogP contribution >= 0.6 is 15.9 Å². The van der Waals surface area contributed by atoms with Crippen LogP contribution in [-0.4, -0.2) is 18.6 Å². The number of nitrogen functional groups attached to an aromatic ring is 1. The molecule has 0 saturated heterocycles. The van der Waals surface area contributed by atoms with E-state index in [9.17, 15) is 8.42 Å². The van der Waals surface area contributed by atoms with E-state index in [0.717, 1.165) is 0 Å². The van der Waals surface area contributed by atoms with E-state index in [1.165, 1.54) is 18.3 Å². The molecule has 0 unspecified atom stereocenters. The molecule has 0 spiro atoms. The van der Waals surface area contributed by atoms with Crippen molar-refractivity contribution in [1.82, 2.24) is 14.9 Å². The number of nitrogens with one attached hydrogen (secondary N) is 1. The highest BCUT2D eigenvalue weighted by molar-refractivity contribution is 9.10. The van der Waals surface area contributed by atoms with Crippen LogP contribution in [0.3, 0.4) is 0 Å². The van der Waals surface area contributed by atoms with Gasteiger partial charge in [-0.1, -0.05) is 15.9 Å². The highest BCUT2D eigenvalue weighted by atomic mass is 79.9. The van der Waals surface area contributed by atoms with Crippen LogP contribution in [0.2, 0.25) is 0 Å². The van der Waals surface area contributed by atoms with Gasteiger partial charge in [0.05, 0.1) is 17.9 Å². The number of halogens is 1. The van der Waals surface area contributed by atoms with Crippen molar-refractivity contribution >= 4 is 31.6 Å². The van der Waals surface area contributed by atoms with E-state index in [1.54, 1.807) is 18.2 Å². The van der Waals surface area contributed by atoms with Crippen LogP contribution in [0.4, 0.5) is 5.69 Å². The van der Waals surface area contributed by atoms with E-state index in [2.05, 4.69) is 30.8 Å². The number of rotatable bonds is 4. The average molecular weight is 343 g/mol. The number of nitrogens with zero attached hydrogens (tertiary/aromatic N) is 2. The van der Waals surface area contributed by atoms with Crippen molar-refractivity contribution in [2.45, 2.75) is 11.4 Å². The molecule has 1 aromatic carbocycles. The van der Waals surface area contributed by atoms with Gasteiger partial charge < -0.3 is 5.73 Å². The Morgan fingerprint density at radius 1 is 1.32 bits per heavy atom. The molecule has 3 N–H and O–H groups in total. The molecule has 0 bridgehead atoms. The van der Waals surface area contributed by atoms with Gasteiger partial charge in [0, 0.05) is 10.7 Å². The Labute approximate surface area is 119 Å². The van der Waals surface area contributed by atoms with Crippen molar-refractivity contribution in [1.29, 1.82) is 0 Å². The normalized spacial score (nSPS) is 11.4. The molecule has 0 aliphatic rings. The highest BCUT2D eigenvalue weighted by Gasteiger charge is 2.17.